The number of anilines is 1. The summed E-state index contributed by atoms with van der Waals surface area (Å²) in [4.78, 5) is 36.9. The van der Waals surface area contributed by atoms with Crippen LogP contribution in [0.4, 0.5) is 10.1 Å². The quantitative estimate of drug-likeness (QED) is 0.228. The predicted molar refractivity (Wildman–Crippen MR) is 136 cm³/mol. The molecule has 0 radical (unpaired) electrons. The molecule has 8 heteroatoms. The summed E-state index contributed by atoms with van der Waals surface area (Å²) >= 11 is 0. The topological polar surface area (TPSA) is 102 Å². The van der Waals surface area contributed by atoms with Crippen LogP contribution < -0.4 is 10.1 Å². The molecular formula is C29H28FNO6. The van der Waals surface area contributed by atoms with E-state index in [4.69, 9.17) is 9.47 Å². The molecule has 37 heavy (non-hydrogen) atoms. The first-order valence-electron chi connectivity index (χ1n) is 12.1. The summed E-state index contributed by atoms with van der Waals surface area (Å²) in [6.07, 6.45) is 2.03. The van der Waals surface area contributed by atoms with E-state index >= 15 is 0 Å². The van der Waals surface area contributed by atoms with E-state index in [1.54, 1.807) is 13.0 Å². The van der Waals surface area contributed by atoms with Crippen molar-refractivity contribution >= 4 is 23.3 Å². The Morgan fingerprint density at radius 3 is 2.49 bits per heavy atom. The second-order valence-corrected chi connectivity index (χ2v) is 8.92. The van der Waals surface area contributed by atoms with Gasteiger partial charge in [-0.05, 0) is 86.2 Å². The van der Waals surface area contributed by atoms with Crippen LogP contribution in [-0.4, -0.2) is 29.4 Å². The fourth-order valence-corrected chi connectivity index (χ4v) is 4.49. The van der Waals surface area contributed by atoms with Gasteiger partial charge in [-0.25, -0.2) is 4.39 Å². The van der Waals surface area contributed by atoms with Gasteiger partial charge in [0.2, 0.25) is 5.91 Å². The number of nitrogens with one attached hydrogen (secondary N) is 1. The first-order chi connectivity index (χ1) is 17.7. The van der Waals surface area contributed by atoms with Crippen molar-refractivity contribution in [3.8, 4) is 17.2 Å². The summed E-state index contributed by atoms with van der Waals surface area (Å²) in [6, 6.07) is 11.9. The van der Waals surface area contributed by atoms with Gasteiger partial charge >= 0.3 is 5.97 Å². The van der Waals surface area contributed by atoms with Crippen molar-refractivity contribution in [1.82, 2.24) is 0 Å². The van der Waals surface area contributed by atoms with E-state index < -0.39 is 11.9 Å². The number of carbonyl (C=O) groups is 3. The molecule has 0 bridgehead atoms. The standard InChI is InChI=1S/C29H28FNO6/c1-3-36-28(35)16-27(34)31-24-13-17(2)29(22-6-4-5-21(22)24)37-20-11-12-25(32)23(15-20)26(33)14-18-7-9-19(30)10-8-18/h7-13,15,32H,3-6,14,16H2,1-2H3,(H,31,34). The molecule has 0 atom stereocenters. The Balaban J connectivity index is 1.55. The highest BCUT2D eigenvalue weighted by Gasteiger charge is 2.24. The van der Waals surface area contributed by atoms with E-state index in [-0.39, 0.29) is 42.4 Å². The highest BCUT2D eigenvalue weighted by atomic mass is 19.1. The number of fused-ring (bicyclic) bond motifs is 1. The molecule has 0 spiro atoms. The number of aromatic hydroxyl groups is 1. The lowest BCUT2D eigenvalue weighted by molar-refractivity contribution is -0.145. The van der Waals surface area contributed by atoms with E-state index in [0.29, 0.717) is 22.7 Å². The van der Waals surface area contributed by atoms with E-state index in [1.807, 2.05) is 13.0 Å². The summed E-state index contributed by atoms with van der Waals surface area (Å²) in [7, 11) is 0. The van der Waals surface area contributed by atoms with Crippen LogP contribution in [0, 0.1) is 12.7 Å². The average molecular weight is 506 g/mol. The minimum atomic E-state index is -0.578. The maximum absolute atomic E-state index is 13.2. The molecule has 0 aromatic heterocycles. The molecule has 1 aliphatic rings. The molecule has 192 valence electrons. The highest BCUT2D eigenvalue weighted by molar-refractivity contribution is 6.02. The maximum atomic E-state index is 13.2. The molecule has 3 aromatic rings. The Kier molecular flexibility index (Phi) is 7.86. The van der Waals surface area contributed by atoms with Crippen LogP contribution in [0.15, 0.2) is 48.5 Å². The van der Waals surface area contributed by atoms with Crippen molar-refractivity contribution in [2.24, 2.45) is 0 Å². The van der Waals surface area contributed by atoms with Crippen LogP contribution in [0.5, 0.6) is 17.2 Å². The second kappa shape index (κ2) is 11.2. The molecule has 2 N–H and O–H groups in total. The Hall–Kier alpha value is -4.20. The lowest BCUT2D eigenvalue weighted by Gasteiger charge is -2.18. The number of benzene rings is 3. The van der Waals surface area contributed by atoms with Crippen LogP contribution in [0.25, 0.3) is 0 Å². The van der Waals surface area contributed by atoms with Crippen molar-refractivity contribution in [2.75, 3.05) is 11.9 Å². The van der Waals surface area contributed by atoms with Gasteiger partial charge in [-0.2, -0.15) is 0 Å². The van der Waals surface area contributed by atoms with Gasteiger partial charge in [0.25, 0.3) is 0 Å². The molecule has 0 fully saturated rings. The zero-order valence-electron chi connectivity index (χ0n) is 20.7. The number of halogens is 1. The third kappa shape index (κ3) is 6.14. The monoisotopic (exact) mass is 505 g/mol. The Morgan fingerprint density at radius 1 is 1.03 bits per heavy atom. The van der Waals surface area contributed by atoms with Gasteiger partial charge < -0.3 is 19.9 Å². The first-order valence-corrected chi connectivity index (χ1v) is 12.1. The molecular weight excluding hydrogens is 477 g/mol. The number of aryl methyl sites for hydroxylation is 1. The lowest BCUT2D eigenvalue weighted by Crippen LogP contribution is -2.19. The van der Waals surface area contributed by atoms with Crippen LogP contribution in [0.3, 0.4) is 0 Å². The van der Waals surface area contributed by atoms with Crippen molar-refractivity contribution in [3.05, 3.63) is 82.2 Å². The van der Waals surface area contributed by atoms with Gasteiger partial charge in [-0.1, -0.05) is 12.1 Å². The van der Waals surface area contributed by atoms with Crippen molar-refractivity contribution in [3.63, 3.8) is 0 Å². The molecule has 0 saturated carbocycles. The summed E-state index contributed by atoms with van der Waals surface area (Å²) in [5, 5.41) is 13.1. The third-order valence-corrected chi connectivity index (χ3v) is 6.19. The molecule has 1 aliphatic carbocycles. The number of phenolic OH excluding ortho intramolecular Hbond substituents is 1. The zero-order valence-corrected chi connectivity index (χ0v) is 20.7. The SMILES string of the molecule is CCOC(=O)CC(=O)Nc1cc(C)c(Oc2ccc(O)c(C(=O)Cc3ccc(F)cc3)c2)c2c1CCC2. The second-order valence-electron chi connectivity index (χ2n) is 8.92. The van der Waals surface area contributed by atoms with Gasteiger partial charge in [-0.3, -0.25) is 14.4 Å². The summed E-state index contributed by atoms with van der Waals surface area (Å²) in [5.41, 5.74) is 4.07. The summed E-state index contributed by atoms with van der Waals surface area (Å²) < 4.78 is 24.3. The predicted octanol–water partition coefficient (Wildman–Crippen LogP) is 5.44. The molecule has 0 saturated heterocycles. The number of ketones is 1. The van der Waals surface area contributed by atoms with Crippen LogP contribution in [0.2, 0.25) is 0 Å². The smallest absolute Gasteiger partial charge is 0.315 e. The number of hydrogen-bond donors (Lipinski definition) is 2. The van der Waals surface area contributed by atoms with E-state index in [1.165, 1.54) is 36.4 Å². The minimum absolute atomic E-state index is 0.00587. The molecule has 0 aliphatic heterocycles. The maximum Gasteiger partial charge on any atom is 0.315 e. The largest absolute Gasteiger partial charge is 0.507 e. The number of Topliss-reactive ketones (excluding diaryl/α,β-unsaturated/α-hetero) is 1. The van der Waals surface area contributed by atoms with Crippen molar-refractivity contribution < 1.29 is 33.4 Å². The highest BCUT2D eigenvalue weighted by Crippen LogP contribution is 2.41. The van der Waals surface area contributed by atoms with Crippen molar-refractivity contribution in [2.45, 2.75) is 46.0 Å². The Labute approximate surface area is 214 Å². The summed E-state index contributed by atoms with van der Waals surface area (Å²) in [6.45, 7) is 3.75. The average Bonchev–Trinajstić information content (AvgIpc) is 3.34. The van der Waals surface area contributed by atoms with Gasteiger partial charge in [0.05, 0.1) is 12.2 Å². The molecule has 4 rings (SSSR count). The van der Waals surface area contributed by atoms with Crippen LogP contribution in [-0.2, 0) is 33.6 Å². The zero-order chi connectivity index (χ0) is 26.5. The fraction of sp³-hybridized carbons (Fsp3) is 0.276. The Morgan fingerprint density at radius 2 is 1.76 bits per heavy atom. The lowest BCUT2D eigenvalue weighted by atomic mass is 10.0. The van der Waals surface area contributed by atoms with E-state index in [2.05, 4.69) is 5.32 Å². The number of hydrogen-bond acceptors (Lipinski definition) is 6. The van der Waals surface area contributed by atoms with E-state index in [9.17, 15) is 23.9 Å². The Bertz CT molecular complexity index is 1350. The number of carbonyl (C=O) groups excluding carboxylic acids is 3. The van der Waals surface area contributed by atoms with Crippen molar-refractivity contribution in [1.29, 1.82) is 0 Å². The third-order valence-electron chi connectivity index (χ3n) is 6.19. The first kappa shape index (κ1) is 25.9. The molecule has 7 nitrogen and oxygen atoms in total. The number of rotatable bonds is 9. The van der Waals surface area contributed by atoms with Gasteiger partial charge in [-0.15, -0.1) is 0 Å². The van der Waals surface area contributed by atoms with Crippen LogP contribution in [0.1, 0.15) is 52.4 Å². The summed E-state index contributed by atoms with van der Waals surface area (Å²) in [5.74, 6) is -0.872. The fourth-order valence-electron chi connectivity index (χ4n) is 4.49. The molecule has 0 heterocycles. The molecule has 1 amide bonds. The number of phenols is 1. The normalized spacial score (nSPS) is 12.1. The van der Waals surface area contributed by atoms with Gasteiger partial charge in [0, 0.05) is 17.7 Å². The van der Waals surface area contributed by atoms with E-state index in [0.717, 1.165) is 36.0 Å². The number of esters is 1. The minimum Gasteiger partial charge on any atom is -0.507 e. The molecule has 3 aromatic carbocycles. The number of ether oxygens (including phenoxy) is 2. The van der Waals surface area contributed by atoms with Gasteiger partial charge in [0.15, 0.2) is 5.78 Å². The number of amides is 1. The van der Waals surface area contributed by atoms with Crippen LogP contribution >= 0.6 is 0 Å². The van der Waals surface area contributed by atoms with Gasteiger partial charge in [0.1, 0.15) is 29.5 Å². The molecule has 0 unspecified atom stereocenters.